The van der Waals surface area contributed by atoms with Gasteiger partial charge in [0.25, 0.3) is 0 Å². The zero-order valence-corrected chi connectivity index (χ0v) is 19.6. The van der Waals surface area contributed by atoms with Gasteiger partial charge in [0.2, 0.25) is 0 Å². The largest absolute Gasteiger partial charge is 0.394 e. The fraction of sp³-hybridized carbons (Fsp3) is 1.00. The summed E-state index contributed by atoms with van der Waals surface area (Å²) in [6.07, 6.45) is 20.0. The molecule has 4 atom stereocenters. The topological polar surface area (TPSA) is 79.2 Å². The lowest BCUT2D eigenvalue weighted by Gasteiger charge is -2.23. The molecule has 30 heavy (non-hydrogen) atoms. The van der Waals surface area contributed by atoms with Gasteiger partial charge in [-0.15, -0.1) is 0 Å². The summed E-state index contributed by atoms with van der Waals surface area (Å²) in [7, 11) is 0. The maximum atomic E-state index is 9.90. The Morgan fingerprint density at radius 3 is 1.63 bits per heavy atom. The summed E-state index contributed by atoms with van der Waals surface area (Å²) in [5.74, 6) is 0. The molecule has 5 heteroatoms. The van der Waals surface area contributed by atoms with E-state index in [1.54, 1.807) is 0 Å². The van der Waals surface area contributed by atoms with Crippen molar-refractivity contribution in [1.82, 2.24) is 0 Å². The van der Waals surface area contributed by atoms with Gasteiger partial charge in [0.05, 0.1) is 13.2 Å². The molecule has 1 saturated heterocycles. The Bertz CT molecular complexity index is 365. The lowest BCUT2D eigenvalue weighted by molar-refractivity contribution is -0.0938. The molecule has 0 aromatic heterocycles. The van der Waals surface area contributed by atoms with Crippen LogP contribution in [0.4, 0.5) is 0 Å². The molecule has 0 aliphatic carbocycles. The minimum absolute atomic E-state index is 0.158. The molecule has 0 radical (unpaired) electrons. The van der Waals surface area contributed by atoms with Crippen LogP contribution in [0.5, 0.6) is 0 Å². The van der Waals surface area contributed by atoms with E-state index < -0.39 is 24.4 Å². The Morgan fingerprint density at radius 2 is 1.20 bits per heavy atom. The molecule has 0 amide bonds. The lowest BCUT2D eigenvalue weighted by atomic mass is 10.0. The maximum absolute atomic E-state index is 9.90. The third-order valence-corrected chi connectivity index (χ3v) is 6.29. The van der Waals surface area contributed by atoms with Gasteiger partial charge in [-0.05, 0) is 6.42 Å². The van der Waals surface area contributed by atoms with Crippen LogP contribution in [-0.2, 0) is 9.47 Å². The Morgan fingerprint density at radius 1 is 0.767 bits per heavy atom. The summed E-state index contributed by atoms with van der Waals surface area (Å²) in [5.41, 5.74) is 0. The van der Waals surface area contributed by atoms with Crippen molar-refractivity contribution in [3.05, 3.63) is 0 Å². The van der Waals surface area contributed by atoms with Crippen molar-refractivity contribution in [1.29, 1.82) is 0 Å². The number of hydrogen-bond acceptors (Lipinski definition) is 5. The van der Waals surface area contributed by atoms with Crippen molar-refractivity contribution in [3.8, 4) is 0 Å². The first-order chi connectivity index (χ1) is 14.7. The summed E-state index contributed by atoms with van der Waals surface area (Å²) in [6.45, 7) is 2.62. The van der Waals surface area contributed by atoms with Crippen LogP contribution in [-0.4, -0.2) is 59.6 Å². The molecular weight excluding hydrogens is 380 g/mol. The number of aliphatic hydroxyl groups is 3. The summed E-state index contributed by atoms with van der Waals surface area (Å²) >= 11 is 0. The molecule has 3 N–H and O–H groups in total. The van der Waals surface area contributed by atoms with Gasteiger partial charge < -0.3 is 24.8 Å². The Kier molecular flexibility index (Phi) is 18.1. The molecule has 0 aromatic rings. The van der Waals surface area contributed by atoms with Gasteiger partial charge >= 0.3 is 0 Å². The second kappa shape index (κ2) is 19.5. The van der Waals surface area contributed by atoms with Crippen molar-refractivity contribution >= 4 is 0 Å². The number of hydrogen-bond donors (Lipinski definition) is 3. The van der Waals surface area contributed by atoms with E-state index in [0.29, 0.717) is 6.61 Å². The quantitative estimate of drug-likeness (QED) is 0.220. The highest BCUT2D eigenvalue weighted by atomic mass is 16.6. The van der Waals surface area contributed by atoms with Crippen molar-refractivity contribution < 1.29 is 24.8 Å². The summed E-state index contributed by atoms with van der Waals surface area (Å²) < 4.78 is 11.1. The molecule has 1 heterocycles. The Balaban J connectivity index is 1.80. The average Bonchev–Trinajstić information content (AvgIpc) is 3.12. The van der Waals surface area contributed by atoms with E-state index in [-0.39, 0.29) is 13.2 Å². The molecule has 0 aromatic carbocycles. The summed E-state index contributed by atoms with van der Waals surface area (Å²) in [6, 6.07) is 0. The van der Waals surface area contributed by atoms with Gasteiger partial charge in [0.1, 0.15) is 24.4 Å². The number of unbranched alkanes of at least 4 members (excludes halogenated alkanes) is 16. The SMILES string of the molecule is CCCCCCCCCCCCCCCCCCCO[C@@H]1[C@H]([C@H](O)CO)OC[C@@H]1O. The van der Waals surface area contributed by atoms with E-state index in [9.17, 15) is 10.2 Å². The predicted molar refractivity (Wildman–Crippen MR) is 123 cm³/mol. The second-order valence-corrected chi connectivity index (χ2v) is 9.11. The van der Waals surface area contributed by atoms with Gasteiger partial charge in [-0.1, -0.05) is 110 Å². The summed E-state index contributed by atoms with van der Waals surface area (Å²) in [4.78, 5) is 0. The molecule has 1 fully saturated rings. The molecule has 1 rings (SSSR count). The monoisotopic (exact) mass is 430 g/mol. The van der Waals surface area contributed by atoms with Crippen LogP contribution >= 0.6 is 0 Å². The van der Waals surface area contributed by atoms with Crippen LogP contribution in [0.15, 0.2) is 0 Å². The lowest BCUT2D eigenvalue weighted by Crippen LogP contribution is -2.42. The first-order valence-electron chi connectivity index (χ1n) is 12.9. The van der Waals surface area contributed by atoms with Crippen LogP contribution in [0.3, 0.4) is 0 Å². The molecule has 0 unspecified atom stereocenters. The van der Waals surface area contributed by atoms with Crippen LogP contribution in [0, 0.1) is 0 Å². The Hall–Kier alpha value is -0.200. The van der Waals surface area contributed by atoms with Crippen molar-refractivity contribution in [2.24, 2.45) is 0 Å². The van der Waals surface area contributed by atoms with E-state index in [2.05, 4.69) is 6.92 Å². The zero-order valence-electron chi connectivity index (χ0n) is 19.6. The highest BCUT2D eigenvalue weighted by Gasteiger charge is 2.40. The van der Waals surface area contributed by atoms with Crippen molar-refractivity contribution in [2.75, 3.05) is 19.8 Å². The van der Waals surface area contributed by atoms with Gasteiger partial charge in [-0.3, -0.25) is 0 Å². The average molecular weight is 431 g/mol. The number of ether oxygens (including phenoxy) is 2. The van der Waals surface area contributed by atoms with E-state index in [4.69, 9.17) is 14.6 Å². The highest BCUT2D eigenvalue weighted by molar-refractivity contribution is 4.89. The fourth-order valence-electron chi connectivity index (χ4n) is 4.30. The van der Waals surface area contributed by atoms with Gasteiger partial charge in [0, 0.05) is 6.61 Å². The van der Waals surface area contributed by atoms with Crippen molar-refractivity contribution in [3.63, 3.8) is 0 Å². The fourth-order valence-corrected chi connectivity index (χ4v) is 4.30. The van der Waals surface area contributed by atoms with E-state index in [0.717, 1.165) is 12.8 Å². The third-order valence-electron chi connectivity index (χ3n) is 6.29. The van der Waals surface area contributed by atoms with E-state index in [1.807, 2.05) is 0 Å². The second-order valence-electron chi connectivity index (χ2n) is 9.11. The standard InChI is InChI=1S/C25H50O5/c1-2-3-4-5-6-7-8-9-10-11-12-13-14-15-16-17-18-19-29-25-23(28)21-30-24(25)22(27)20-26/h22-28H,2-21H2,1H3/t22-,23+,24+,25+/m1/s1. The molecule has 1 aliphatic rings. The van der Waals surface area contributed by atoms with E-state index >= 15 is 0 Å². The maximum Gasteiger partial charge on any atom is 0.114 e. The van der Waals surface area contributed by atoms with Crippen LogP contribution in [0.25, 0.3) is 0 Å². The first-order valence-corrected chi connectivity index (χ1v) is 12.9. The highest BCUT2D eigenvalue weighted by Crippen LogP contribution is 2.21. The zero-order chi connectivity index (χ0) is 21.9. The van der Waals surface area contributed by atoms with E-state index in [1.165, 1.54) is 96.3 Å². The minimum atomic E-state index is -0.998. The Labute approximate surface area is 185 Å². The smallest absolute Gasteiger partial charge is 0.114 e. The molecule has 5 nitrogen and oxygen atoms in total. The molecule has 0 saturated carbocycles. The van der Waals surface area contributed by atoms with Crippen LogP contribution < -0.4 is 0 Å². The van der Waals surface area contributed by atoms with Gasteiger partial charge in [0.15, 0.2) is 0 Å². The van der Waals surface area contributed by atoms with Crippen LogP contribution in [0.2, 0.25) is 0 Å². The van der Waals surface area contributed by atoms with Crippen LogP contribution in [0.1, 0.15) is 116 Å². The molecule has 1 aliphatic heterocycles. The molecular formula is C25H50O5. The normalized spacial score (nSPS) is 22.6. The van der Waals surface area contributed by atoms with Crippen molar-refractivity contribution in [2.45, 2.75) is 140 Å². The third kappa shape index (κ3) is 13.3. The molecule has 180 valence electrons. The summed E-state index contributed by atoms with van der Waals surface area (Å²) in [5, 5.41) is 28.7. The number of rotatable bonds is 21. The molecule has 0 spiro atoms. The molecule has 0 bridgehead atoms. The number of aliphatic hydroxyl groups excluding tert-OH is 3. The predicted octanol–water partition coefficient (Wildman–Crippen LogP) is 5.14. The minimum Gasteiger partial charge on any atom is -0.394 e. The first kappa shape index (κ1) is 27.8. The van der Waals surface area contributed by atoms with Gasteiger partial charge in [-0.2, -0.15) is 0 Å². The van der Waals surface area contributed by atoms with Gasteiger partial charge in [-0.25, -0.2) is 0 Å².